The summed E-state index contributed by atoms with van der Waals surface area (Å²) < 4.78 is 10.3. The Morgan fingerprint density at radius 3 is 3.00 bits per heavy atom. The number of ether oxygens (including phenoxy) is 1. The van der Waals surface area contributed by atoms with E-state index in [4.69, 9.17) is 9.15 Å². The zero-order chi connectivity index (χ0) is 12.3. The molecule has 1 aromatic heterocycles. The lowest BCUT2D eigenvalue weighted by Gasteiger charge is -2.09. The van der Waals surface area contributed by atoms with Gasteiger partial charge in [0.15, 0.2) is 5.58 Å². The van der Waals surface area contributed by atoms with Gasteiger partial charge in [-0.1, -0.05) is 12.1 Å². The second-order valence-corrected chi connectivity index (χ2v) is 3.60. The van der Waals surface area contributed by atoms with Gasteiger partial charge in [-0.3, -0.25) is 0 Å². The van der Waals surface area contributed by atoms with E-state index in [-0.39, 0.29) is 5.97 Å². The van der Waals surface area contributed by atoms with E-state index < -0.39 is 6.04 Å². The number of rotatable bonds is 4. The van der Waals surface area contributed by atoms with Crippen LogP contribution in [0.1, 0.15) is 13.8 Å². The van der Waals surface area contributed by atoms with Gasteiger partial charge in [0, 0.05) is 0 Å². The molecule has 0 bridgehead atoms. The number of anilines is 1. The van der Waals surface area contributed by atoms with Crippen molar-refractivity contribution in [3.05, 3.63) is 24.3 Å². The number of carbonyl (C=O) groups excluding carboxylic acids is 1. The summed E-state index contributed by atoms with van der Waals surface area (Å²) in [6.45, 7) is 3.83. The molecule has 0 radical (unpaired) electrons. The molecule has 1 unspecified atom stereocenters. The van der Waals surface area contributed by atoms with E-state index in [2.05, 4.69) is 10.3 Å². The third kappa shape index (κ3) is 2.55. The molecule has 2 aromatic rings. The third-order valence-corrected chi connectivity index (χ3v) is 2.27. The van der Waals surface area contributed by atoms with E-state index in [1.807, 2.05) is 24.3 Å². The molecule has 0 saturated heterocycles. The fourth-order valence-electron chi connectivity index (χ4n) is 1.45. The first kappa shape index (κ1) is 11.4. The first-order chi connectivity index (χ1) is 8.20. The summed E-state index contributed by atoms with van der Waals surface area (Å²) >= 11 is 0. The van der Waals surface area contributed by atoms with E-state index in [0.29, 0.717) is 18.2 Å². The Bertz CT molecular complexity index is 488. The second kappa shape index (κ2) is 4.86. The topological polar surface area (TPSA) is 64.4 Å². The van der Waals surface area contributed by atoms with Crippen LogP contribution in [0.4, 0.5) is 6.01 Å². The molecule has 1 heterocycles. The SMILES string of the molecule is CCOC(=O)C(C)Nc1nc2ccccc2o1. The van der Waals surface area contributed by atoms with E-state index in [0.717, 1.165) is 5.52 Å². The molecular formula is C12H14N2O3. The van der Waals surface area contributed by atoms with Gasteiger partial charge < -0.3 is 14.5 Å². The smallest absolute Gasteiger partial charge is 0.328 e. The summed E-state index contributed by atoms with van der Waals surface area (Å²) in [6, 6.07) is 7.26. The first-order valence-electron chi connectivity index (χ1n) is 5.49. The number of para-hydroxylation sites is 2. The fourth-order valence-corrected chi connectivity index (χ4v) is 1.45. The zero-order valence-electron chi connectivity index (χ0n) is 9.77. The maximum atomic E-state index is 11.4. The highest BCUT2D eigenvalue weighted by Gasteiger charge is 2.16. The molecule has 0 saturated carbocycles. The molecule has 1 N–H and O–H groups in total. The van der Waals surface area contributed by atoms with E-state index in [1.54, 1.807) is 13.8 Å². The number of nitrogens with zero attached hydrogens (tertiary/aromatic N) is 1. The molecular weight excluding hydrogens is 220 g/mol. The number of carbonyl (C=O) groups is 1. The van der Waals surface area contributed by atoms with Crippen LogP contribution in [-0.4, -0.2) is 23.6 Å². The zero-order valence-corrected chi connectivity index (χ0v) is 9.77. The normalized spacial score (nSPS) is 12.4. The summed E-state index contributed by atoms with van der Waals surface area (Å²) in [5, 5.41) is 2.86. The van der Waals surface area contributed by atoms with E-state index >= 15 is 0 Å². The van der Waals surface area contributed by atoms with Gasteiger partial charge in [0.2, 0.25) is 0 Å². The minimum Gasteiger partial charge on any atom is -0.464 e. The highest BCUT2D eigenvalue weighted by molar-refractivity contribution is 5.79. The Morgan fingerprint density at radius 1 is 1.53 bits per heavy atom. The number of aromatic nitrogens is 1. The minimum atomic E-state index is -0.483. The molecule has 0 aliphatic heterocycles. The van der Waals surface area contributed by atoms with Gasteiger partial charge in [-0.2, -0.15) is 4.98 Å². The summed E-state index contributed by atoms with van der Waals surface area (Å²) in [5.41, 5.74) is 1.44. The van der Waals surface area contributed by atoms with E-state index in [9.17, 15) is 4.79 Å². The highest BCUT2D eigenvalue weighted by atomic mass is 16.5. The summed E-state index contributed by atoms with van der Waals surface area (Å²) in [6.07, 6.45) is 0. The molecule has 0 fully saturated rings. The van der Waals surface area contributed by atoms with Crippen LogP contribution in [0.5, 0.6) is 0 Å². The molecule has 1 aromatic carbocycles. The Balaban J connectivity index is 2.10. The van der Waals surface area contributed by atoms with Gasteiger partial charge in [0.25, 0.3) is 6.01 Å². The minimum absolute atomic E-state index is 0.324. The average molecular weight is 234 g/mol. The lowest BCUT2D eigenvalue weighted by Crippen LogP contribution is -2.28. The van der Waals surface area contributed by atoms with Crippen molar-refractivity contribution in [2.24, 2.45) is 0 Å². The standard InChI is InChI=1S/C12H14N2O3/c1-3-16-11(15)8(2)13-12-14-9-6-4-5-7-10(9)17-12/h4-8H,3H2,1-2H3,(H,13,14). The van der Waals surface area contributed by atoms with Crippen molar-refractivity contribution in [1.29, 1.82) is 0 Å². The van der Waals surface area contributed by atoms with Crippen molar-refractivity contribution in [1.82, 2.24) is 4.98 Å². The number of oxazole rings is 1. The Kier molecular flexibility index (Phi) is 3.27. The van der Waals surface area contributed by atoms with Crippen molar-refractivity contribution in [3.8, 4) is 0 Å². The van der Waals surface area contributed by atoms with Crippen molar-refractivity contribution in [2.45, 2.75) is 19.9 Å². The van der Waals surface area contributed by atoms with Crippen LogP contribution in [0.3, 0.4) is 0 Å². The number of hydrogen-bond acceptors (Lipinski definition) is 5. The van der Waals surface area contributed by atoms with Gasteiger partial charge >= 0.3 is 5.97 Å². The quantitative estimate of drug-likeness (QED) is 0.821. The van der Waals surface area contributed by atoms with Gasteiger partial charge in [-0.15, -0.1) is 0 Å². The molecule has 90 valence electrons. The van der Waals surface area contributed by atoms with Crippen molar-refractivity contribution in [2.75, 3.05) is 11.9 Å². The molecule has 0 amide bonds. The van der Waals surface area contributed by atoms with Gasteiger partial charge in [-0.25, -0.2) is 4.79 Å². The van der Waals surface area contributed by atoms with Gasteiger partial charge in [0.05, 0.1) is 6.61 Å². The Hall–Kier alpha value is -2.04. The van der Waals surface area contributed by atoms with Crippen molar-refractivity contribution >= 4 is 23.1 Å². The number of benzene rings is 1. The number of hydrogen-bond donors (Lipinski definition) is 1. The fraction of sp³-hybridized carbons (Fsp3) is 0.333. The molecule has 17 heavy (non-hydrogen) atoms. The predicted molar refractivity (Wildman–Crippen MR) is 63.7 cm³/mol. The predicted octanol–water partition coefficient (Wildman–Crippen LogP) is 2.19. The summed E-state index contributed by atoms with van der Waals surface area (Å²) in [5.74, 6) is -0.324. The molecule has 5 nitrogen and oxygen atoms in total. The maximum Gasteiger partial charge on any atom is 0.328 e. The third-order valence-electron chi connectivity index (χ3n) is 2.27. The van der Waals surface area contributed by atoms with Crippen LogP contribution in [-0.2, 0) is 9.53 Å². The lowest BCUT2D eigenvalue weighted by atomic mass is 10.3. The average Bonchev–Trinajstić information content (AvgIpc) is 2.71. The number of esters is 1. The van der Waals surface area contributed by atoms with Crippen LogP contribution in [0, 0.1) is 0 Å². The van der Waals surface area contributed by atoms with Crippen molar-refractivity contribution < 1.29 is 13.9 Å². The van der Waals surface area contributed by atoms with Gasteiger partial charge in [0.1, 0.15) is 11.6 Å². The number of fused-ring (bicyclic) bond motifs is 1. The van der Waals surface area contributed by atoms with Crippen LogP contribution in [0.2, 0.25) is 0 Å². The van der Waals surface area contributed by atoms with E-state index in [1.165, 1.54) is 0 Å². The lowest BCUT2D eigenvalue weighted by molar-refractivity contribution is -0.143. The molecule has 0 aliphatic rings. The maximum absolute atomic E-state index is 11.4. The molecule has 0 aliphatic carbocycles. The van der Waals surface area contributed by atoms with Crippen LogP contribution in [0.15, 0.2) is 28.7 Å². The Morgan fingerprint density at radius 2 is 2.29 bits per heavy atom. The Labute approximate surface area is 98.8 Å². The van der Waals surface area contributed by atoms with Crippen LogP contribution >= 0.6 is 0 Å². The summed E-state index contributed by atoms with van der Waals surface area (Å²) in [7, 11) is 0. The van der Waals surface area contributed by atoms with Crippen LogP contribution in [0.25, 0.3) is 11.1 Å². The summed E-state index contributed by atoms with van der Waals surface area (Å²) in [4.78, 5) is 15.6. The molecule has 1 atom stereocenters. The van der Waals surface area contributed by atoms with Crippen LogP contribution < -0.4 is 5.32 Å². The monoisotopic (exact) mass is 234 g/mol. The molecule has 2 rings (SSSR count). The molecule has 5 heteroatoms. The highest BCUT2D eigenvalue weighted by Crippen LogP contribution is 2.18. The van der Waals surface area contributed by atoms with Gasteiger partial charge in [-0.05, 0) is 26.0 Å². The van der Waals surface area contributed by atoms with Crippen molar-refractivity contribution in [3.63, 3.8) is 0 Å². The molecule has 0 spiro atoms. The number of nitrogens with one attached hydrogen (secondary N) is 1. The largest absolute Gasteiger partial charge is 0.464 e. The second-order valence-electron chi connectivity index (χ2n) is 3.60. The first-order valence-corrected chi connectivity index (χ1v) is 5.49.